The molecule has 7 nitrogen and oxygen atoms in total. The van der Waals surface area contributed by atoms with E-state index in [0.29, 0.717) is 18.8 Å². The number of halogens is 3. The number of hydrogen-bond donors (Lipinski definition) is 3. The zero-order chi connectivity index (χ0) is 27.2. The van der Waals surface area contributed by atoms with Crippen molar-refractivity contribution in [2.45, 2.75) is 49.9 Å². The molecule has 4 atom stereocenters. The predicted molar refractivity (Wildman–Crippen MR) is 138 cm³/mol. The van der Waals surface area contributed by atoms with Gasteiger partial charge in [-0.05, 0) is 55.5 Å². The maximum absolute atomic E-state index is 16.7. The van der Waals surface area contributed by atoms with Gasteiger partial charge in [0, 0.05) is 65.5 Å². The molecule has 38 heavy (non-hydrogen) atoms. The van der Waals surface area contributed by atoms with E-state index in [1.807, 2.05) is 11.8 Å². The number of carbonyl (C=O) groups is 2. The van der Waals surface area contributed by atoms with Gasteiger partial charge in [-0.15, -0.1) is 0 Å². The maximum atomic E-state index is 16.7. The first-order chi connectivity index (χ1) is 18.1. The number of rotatable bonds is 6. The molecule has 0 bridgehead atoms. The lowest BCUT2D eigenvalue weighted by Crippen LogP contribution is -2.51. The molecule has 0 radical (unpaired) electrons. The highest BCUT2D eigenvalue weighted by Gasteiger charge is 2.52. The van der Waals surface area contributed by atoms with Crippen LogP contribution in [0, 0.1) is 11.7 Å². The molecular weight excluding hydrogens is 495 g/mol. The Labute approximate surface area is 218 Å². The number of aromatic nitrogens is 1. The third-order valence-corrected chi connectivity index (χ3v) is 7.52. The Morgan fingerprint density at radius 1 is 1.18 bits per heavy atom. The molecule has 2 fully saturated rings. The van der Waals surface area contributed by atoms with Gasteiger partial charge in [0.1, 0.15) is 17.1 Å². The Morgan fingerprint density at radius 3 is 2.63 bits per heavy atom. The molecule has 10 heteroatoms. The van der Waals surface area contributed by atoms with E-state index in [9.17, 15) is 9.59 Å². The molecule has 200 valence electrons. The normalized spacial score (nSPS) is 27.4. The van der Waals surface area contributed by atoms with E-state index in [1.165, 1.54) is 18.5 Å². The highest BCUT2D eigenvalue weighted by atomic mass is 19.1. The van der Waals surface area contributed by atoms with Gasteiger partial charge in [0.25, 0.3) is 5.91 Å². The first-order valence-corrected chi connectivity index (χ1v) is 12.7. The lowest BCUT2D eigenvalue weighted by atomic mass is 9.69. The largest absolute Gasteiger partial charge is 0.369 e. The summed E-state index contributed by atoms with van der Waals surface area (Å²) in [6, 6.07) is 4.88. The number of nitrogens with zero attached hydrogens (tertiary/aromatic N) is 2. The Morgan fingerprint density at radius 2 is 1.95 bits per heavy atom. The Hall–Kier alpha value is -3.66. The number of pyridine rings is 1. The second-order valence-electron chi connectivity index (χ2n) is 10.5. The summed E-state index contributed by atoms with van der Waals surface area (Å²) in [4.78, 5) is 31.7. The zero-order valence-electron chi connectivity index (χ0n) is 21.0. The third-order valence-electron chi connectivity index (χ3n) is 7.52. The van der Waals surface area contributed by atoms with Crippen molar-refractivity contribution in [3.8, 4) is 0 Å². The summed E-state index contributed by atoms with van der Waals surface area (Å²) >= 11 is 0. The number of piperidine rings is 1. The second kappa shape index (κ2) is 9.90. The molecule has 1 saturated heterocycles. The minimum absolute atomic E-state index is 0.0376. The van der Waals surface area contributed by atoms with E-state index in [-0.39, 0.29) is 29.1 Å². The minimum Gasteiger partial charge on any atom is -0.369 e. The summed E-state index contributed by atoms with van der Waals surface area (Å²) < 4.78 is 47.1. The monoisotopic (exact) mass is 525 g/mol. The zero-order valence-corrected chi connectivity index (χ0v) is 21.0. The van der Waals surface area contributed by atoms with Gasteiger partial charge in [-0.1, -0.05) is 13.0 Å². The number of carbonyl (C=O) groups excluding carboxylic acids is 2. The number of nitrogens with one attached hydrogen (secondary N) is 1. The van der Waals surface area contributed by atoms with Crippen LogP contribution in [-0.4, -0.2) is 48.1 Å². The Bertz CT molecular complexity index is 1330. The number of benzene rings is 1. The average Bonchev–Trinajstić information content (AvgIpc) is 3.69. The summed E-state index contributed by atoms with van der Waals surface area (Å²) in [6.07, 6.45) is 4.93. The molecule has 1 aromatic carbocycles. The third kappa shape index (κ3) is 4.57. The van der Waals surface area contributed by atoms with Gasteiger partial charge in [-0.3, -0.25) is 14.6 Å². The predicted octanol–water partition coefficient (Wildman–Crippen LogP) is 3.30. The van der Waals surface area contributed by atoms with Crippen molar-refractivity contribution < 1.29 is 22.8 Å². The van der Waals surface area contributed by atoms with Crippen LogP contribution in [0.2, 0.25) is 0 Å². The van der Waals surface area contributed by atoms with Gasteiger partial charge >= 0.3 is 0 Å². The van der Waals surface area contributed by atoms with Gasteiger partial charge in [0.2, 0.25) is 5.91 Å². The SMILES string of the molecule is C[C@@H]1C[C@H](N)CN(c2ccncc2C2(C(N)=O)C=CC(F)=C(c3cc(C(=O)NC4CC4)ccc3F)C2F)C1. The quantitative estimate of drug-likeness (QED) is 0.536. The summed E-state index contributed by atoms with van der Waals surface area (Å²) in [7, 11) is 0. The minimum atomic E-state index is -2.40. The van der Waals surface area contributed by atoms with Crippen LogP contribution >= 0.6 is 0 Å². The fourth-order valence-electron chi connectivity index (χ4n) is 5.51. The summed E-state index contributed by atoms with van der Waals surface area (Å²) in [5, 5.41) is 2.78. The van der Waals surface area contributed by atoms with Crippen LogP contribution in [0.5, 0.6) is 0 Å². The van der Waals surface area contributed by atoms with E-state index in [2.05, 4.69) is 10.3 Å². The van der Waals surface area contributed by atoms with Crippen molar-refractivity contribution in [3.05, 3.63) is 77.1 Å². The molecule has 2 unspecified atom stereocenters. The standard InChI is InChI=1S/C28H30F3N5O2/c1-15-10-17(32)14-36(13-15)23-7-9-34-12-20(23)28(27(33)38)8-6-22(30)24(25(28)31)19-11-16(2-5-21(19)29)26(37)35-18-3-4-18/h2,5-9,11-12,15,17-18,25H,3-4,10,13-14,32H2,1H3,(H2,33,38)(H,35,37)/t15-,17+,25?,28?/m1/s1. The fourth-order valence-corrected chi connectivity index (χ4v) is 5.51. The summed E-state index contributed by atoms with van der Waals surface area (Å²) in [5.41, 5.74) is 9.43. The Balaban J connectivity index is 1.60. The van der Waals surface area contributed by atoms with Crippen molar-refractivity contribution in [3.63, 3.8) is 0 Å². The van der Waals surface area contributed by atoms with Crippen LogP contribution < -0.4 is 21.7 Å². The summed E-state index contributed by atoms with van der Waals surface area (Å²) in [6.45, 7) is 3.10. The van der Waals surface area contributed by atoms with E-state index < -0.39 is 46.2 Å². The first-order valence-electron chi connectivity index (χ1n) is 12.7. The van der Waals surface area contributed by atoms with Gasteiger partial charge in [-0.25, -0.2) is 13.2 Å². The van der Waals surface area contributed by atoms with Gasteiger partial charge < -0.3 is 21.7 Å². The van der Waals surface area contributed by atoms with Gasteiger partial charge in [0.15, 0.2) is 6.17 Å². The highest BCUT2D eigenvalue weighted by molar-refractivity contribution is 5.99. The molecule has 5 rings (SSSR count). The number of allylic oxidation sites excluding steroid dienone is 3. The molecule has 1 aliphatic heterocycles. The summed E-state index contributed by atoms with van der Waals surface area (Å²) in [5.74, 6) is -3.32. The van der Waals surface area contributed by atoms with Crippen molar-refractivity contribution in [1.82, 2.24) is 10.3 Å². The van der Waals surface area contributed by atoms with Gasteiger partial charge in [0.05, 0.1) is 0 Å². The molecule has 0 spiro atoms. The van der Waals surface area contributed by atoms with Crippen molar-refractivity contribution >= 4 is 23.1 Å². The average molecular weight is 526 g/mol. The highest BCUT2D eigenvalue weighted by Crippen LogP contribution is 2.47. The molecule has 2 aromatic rings. The van der Waals surface area contributed by atoms with Crippen LogP contribution in [-0.2, 0) is 10.2 Å². The van der Waals surface area contributed by atoms with Crippen molar-refractivity contribution in [2.75, 3.05) is 18.0 Å². The van der Waals surface area contributed by atoms with Crippen molar-refractivity contribution in [1.29, 1.82) is 0 Å². The van der Waals surface area contributed by atoms with Crippen LogP contribution in [0.3, 0.4) is 0 Å². The molecule has 3 aliphatic rings. The maximum Gasteiger partial charge on any atom is 0.251 e. The molecule has 5 N–H and O–H groups in total. The van der Waals surface area contributed by atoms with Crippen LogP contribution in [0.25, 0.3) is 5.57 Å². The number of primary amides is 1. The van der Waals surface area contributed by atoms with Crippen LogP contribution in [0.15, 0.2) is 54.6 Å². The molecule has 2 aliphatic carbocycles. The van der Waals surface area contributed by atoms with Crippen LogP contribution in [0.1, 0.15) is 47.7 Å². The molecule has 1 saturated carbocycles. The molecule has 1 aromatic heterocycles. The fraction of sp³-hybridized carbons (Fsp3) is 0.393. The first kappa shape index (κ1) is 26.0. The molecular formula is C28H30F3N5O2. The lowest BCUT2D eigenvalue weighted by molar-refractivity contribution is -0.123. The second-order valence-corrected chi connectivity index (χ2v) is 10.5. The number of alkyl halides is 1. The smallest absolute Gasteiger partial charge is 0.251 e. The Kier molecular flexibility index (Phi) is 6.77. The number of hydrogen-bond acceptors (Lipinski definition) is 5. The number of amides is 2. The van der Waals surface area contributed by atoms with Crippen molar-refractivity contribution in [2.24, 2.45) is 17.4 Å². The van der Waals surface area contributed by atoms with E-state index in [0.717, 1.165) is 43.5 Å². The number of anilines is 1. The molecule has 2 heterocycles. The van der Waals surface area contributed by atoms with E-state index in [4.69, 9.17) is 11.5 Å². The van der Waals surface area contributed by atoms with Gasteiger partial charge in [-0.2, -0.15) is 0 Å². The van der Waals surface area contributed by atoms with E-state index in [1.54, 1.807) is 6.07 Å². The molecule has 2 amide bonds. The topological polar surface area (TPSA) is 114 Å². The van der Waals surface area contributed by atoms with Crippen LogP contribution in [0.4, 0.5) is 18.9 Å². The number of nitrogens with two attached hydrogens (primary N) is 2. The lowest BCUT2D eigenvalue weighted by Gasteiger charge is -2.41. The van der Waals surface area contributed by atoms with E-state index >= 15 is 13.2 Å².